The minimum atomic E-state index is -0.789. The largest absolute Gasteiger partial charge is 0.481 e. The van der Waals surface area contributed by atoms with Crippen molar-refractivity contribution in [2.75, 3.05) is 26.2 Å². The van der Waals surface area contributed by atoms with Crippen LogP contribution in [0.2, 0.25) is 0 Å². The van der Waals surface area contributed by atoms with Crippen LogP contribution in [0.3, 0.4) is 0 Å². The Morgan fingerprint density at radius 2 is 2.21 bits per heavy atom. The van der Waals surface area contributed by atoms with E-state index in [2.05, 4.69) is 10.1 Å². The number of amides is 2. The first-order chi connectivity index (χ1) is 9.00. The predicted octanol–water partition coefficient (Wildman–Crippen LogP) is 0.446. The standard InChI is InChI=1S/C12H20N2O5/c1-9(2-3-11(16)17)4-5-13-8-10(15)14-6-7-19-12(14)18/h9,13H,2-8H2,1H3,(H,16,17). The summed E-state index contributed by atoms with van der Waals surface area (Å²) in [6.07, 6.45) is 1.01. The van der Waals surface area contributed by atoms with Crippen LogP contribution in [0.4, 0.5) is 4.79 Å². The molecule has 0 spiro atoms. The number of hydrogen-bond acceptors (Lipinski definition) is 5. The second kappa shape index (κ2) is 7.73. The molecule has 1 aliphatic rings. The van der Waals surface area contributed by atoms with Crippen molar-refractivity contribution in [2.45, 2.75) is 26.2 Å². The molecule has 19 heavy (non-hydrogen) atoms. The summed E-state index contributed by atoms with van der Waals surface area (Å²) in [5.41, 5.74) is 0. The summed E-state index contributed by atoms with van der Waals surface area (Å²) in [5, 5.41) is 11.5. The van der Waals surface area contributed by atoms with Crippen molar-refractivity contribution in [3.8, 4) is 0 Å². The van der Waals surface area contributed by atoms with Gasteiger partial charge in [-0.25, -0.2) is 9.69 Å². The Morgan fingerprint density at radius 3 is 2.79 bits per heavy atom. The second-order valence-corrected chi connectivity index (χ2v) is 4.66. The first kappa shape index (κ1) is 15.4. The van der Waals surface area contributed by atoms with Gasteiger partial charge in [-0.1, -0.05) is 6.92 Å². The zero-order chi connectivity index (χ0) is 14.3. The molecule has 0 aromatic heterocycles. The third kappa shape index (κ3) is 5.69. The molecule has 1 rings (SSSR count). The molecule has 1 saturated heterocycles. The van der Waals surface area contributed by atoms with Crippen LogP contribution in [0.5, 0.6) is 0 Å². The lowest BCUT2D eigenvalue weighted by Gasteiger charge is -2.13. The number of nitrogens with zero attached hydrogens (tertiary/aromatic N) is 1. The van der Waals surface area contributed by atoms with Crippen molar-refractivity contribution in [1.82, 2.24) is 10.2 Å². The summed E-state index contributed by atoms with van der Waals surface area (Å²) >= 11 is 0. The van der Waals surface area contributed by atoms with Gasteiger partial charge in [-0.15, -0.1) is 0 Å². The number of carbonyl (C=O) groups excluding carboxylic acids is 2. The molecule has 1 aliphatic heterocycles. The third-order valence-corrected chi connectivity index (χ3v) is 3.00. The molecule has 2 N–H and O–H groups in total. The van der Waals surface area contributed by atoms with Crippen LogP contribution in [0.15, 0.2) is 0 Å². The average Bonchev–Trinajstić information content (AvgIpc) is 2.78. The Morgan fingerprint density at radius 1 is 1.47 bits per heavy atom. The number of ether oxygens (including phenoxy) is 1. The van der Waals surface area contributed by atoms with Crippen LogP contribution < -0.4 is 5.32 Å². The maximum Gasteiger partial charge on any atom is 0.416 e. The zero-order valence-corrected chi connectivity index (χ0v) is 11.1. The fourth-order valence-corrected chi connectivity index (χ4v) is 1.77. The number of cyclic esters (lactones) is 1. The van der Waals surface area contributed by atoms with Gasteiger partial charge in [0.25, 0.3) is 0 Å². The molecule has 0 aromatic carbocycles. The number of aliphatic carboxylic acids is 1. The van der Waals surface area contributed by atoms with Gasteiger partial charge >= 0.3 is 12.1 Å². The van der Waals surface area contributed by atoms with Crippen molar-refractivity contribution in [1.29, 1.82) is 0 Å². The van der Waals surface area contributed by atoms with Crippen LogP contribution in [0.25, 0.3) is 0 Å². The summed E-state index contributed by atoms with van der Waals surface area (Å²) in [4.78, 5) is 34.2. The van der Waals surface area contributed by atoms with Gasteiger partial charge in [-0.3, -0.25) is 9.59 Å². The van der Waals surface area contributed by atoms with E-state index in [4.69, 9.17) is 5.11 Å². The quantitative estimate of drug-likeness (QED) is 0.623. The van der Waals surface area contributed by atoms with Crippen molar-refractivity contribution in [3.63, 3.8) is 0 Å². The van der Waals surface area contributed by atoms with Crippen molar-refractivity contribution in [3.05, 3.63) is 0 Å². The highest BCUT2D eigenvalue weighted by Crippen LogP contribution is 2.09. The molecule has 2 amide bonds. The highest BCUT2D eigenvalue weighted by molar-refractivity contribution is 5.93. The van der Waals surface area contributed by atoms with Crippen LogP contribution in [-0.2, 0) is 14.3 Å². The molecule has 0 saturated carbocycles. The fraction of sp³-hybridized carbons (Fsp3) is 0.750. The lowest BCUT2D eigenvalue weighted by molar-refractivity contribution is -0.137. The lowest BCUT2D eigenvalue weighted by Crippen LogP contribution is -2.39. The second-order valence-electron chi connectivity index (χ2n) is 4.66. The van der Waals surface area contributed by atoms with E-state index in [-0.39, 0.29) is 31.4 Å². The molecule has 7 nitrogen and oxygen atoms in total. The van der Waals surface area contributed by atoms with Crippen molar-refractivity contribution in [2.24, 2.45) is 5.92 Å². The number of carboxylic acid groups (broad SMARTS) is 1. The molecule has 0 aliphatic carbocycles. The minimum absolute atomic E-state index is 0.0980. The van der Waals surface area contributed by atoms with Gasteiger partial charge in [0.15, 0.2) is 0 Å². The average molecular weight is 272 g/mol. The van der Waals surface area contributed by atoms with Crippen LogP contribution in [0.1, 0.15) is 26.2 Å². The van der Waals surface area contributed by atoms with Crippen molar-refractivity contribution >= 4 is 18.0 Å². The van der Waals surface area contributed by atoms with Gasteiger partial charge in [0.1, 0.15) is 6.61 Å². The van der Waals surface area contributed by atoms with Crippen LogP contribution in [0, 0.1) is 5.92 Å². The van der Waals surface area contributed by atoms with Crippen LogP contribution >= 0.6 is 0 Å². The van der Waals surface area contributed by atoms with E-state index in [1.807, 2.05) is 6.92 Å². The summed E-state index contributed by atoms with van der Waals surface area (Å²) in [6, 6.07) is 0. The van der Waals surface area contributed by atoms with E-state index >= 15 is 0 Å². The van der Waals surface area contributed by atoms with E-state index in [1.54, 1.807) is 0 Å². The number of nitrogens with one attached hydrogen (secondary N) is 1. The Balaban J connectivity index is 2.08. The van der Waals surface area contributed by atoms with Crippen LogP contribution in [-0.4, -0.2) is 54.2 Å². The fourth-order valence-electron chi connectivity index (χ4n) is 1.77. The van der Waals surface area contributed by atoms with Crippen molar-refractivity contribution < 1.29 is 24.2 Å². The molecule has 1 fully saturated rings. The maximum atomic E-state index is 11.6. The van der Waals surface area contributed by atoms with E-state index in [1.165, 1.54) is 0 Å². The highest BCUT2D eigenvalue weighted by atomic mass is 16.6. The summed E-state index contributed by atoms with van der Waals surface area (Å²) in [7, 11) is 0. The van der Waals surface area contributed by atoms with Gasteiger partial charge in [0, 0.05) is 6.42 Å². The van der Waals surface area contributed by atoms with E-state index in [9.17, 15) is 14.4 Å². The smallest absolute Gasteiger partial charge is 0.416 e. The minimum Gasteiger partial charge on any atom is -0.481 e. The van der Waals surface area contributed by atoms with E-state index < -0.39 is 12.1 Å². The Bertz CT molecular complexity index is 345. The first-order valence-corrected chi connectivity index (χ1v) is 6.40. The molecule has 1 atom stereocenters. The number of carboxylic acids is 1. The Hall–Kier alpha value is -1.63. The van der Waals surface area contributed by atoms with Gasteiger partial charge in [-0.2, -0.15) is 0 Å². The van der Waals surface area contributed by atoms with E-state index in [0.717, 1.165) is 11.3 Å². The zero-order valence-electron chi connectivity index (χ0n) is 11.1. The molecule has 108 valence electrons. The van der Waals surface area contributed by atoms with Gasteiger partial charge in [-0.05, 0) is 25.3 Å². The van der Waals surface area contributed by atoms with Gasteiger partial charge in [0.2, 0.25) is 5.91 Å². The molecule has 1 heterocycles. The monoisotopic (exact) mass is 272 g/mol. The van der Waals surface area contributed by atoms with E-state index in [0.29, 0.717) is 19.5 Å². The number of rotatable bonds is 8. The Labute approximate surface area is 111 Å². The summed E-state index contributed by atoms with van der Waals surface area (Å²) < 4.78 is 4.67. The van der Waals surface area contributed by atoms with Gasteiger partial charge < -0.3 is 15.2 Å². The molecule has 0 aromatic rings. The predicted molar refractivity (Wildman–Crippen MR) is 66.6 cm³/mol. The molecule has 0 bridgehead atoms. The molecular weight excluding hydrogens is 252 g/mol. The highest BCUT2D eigenvalue weighted by Gasteiger charge is 2.27. The number of carbonyl (C=O) groups is 3. The molecule has 7 heteroatoms. The first-order valence-electron chi connectivity index (χ1n) is 6.40. The Kier molecular flexibility index (Phi) is 6.27. The SMILES string of the molecule is CC(CCNCC(=O)N1CCOC1=O)CCC(=O)O. The number of imide groups is 1. The summed E-state index contributed by atoms with van der Waals surface area (Å²) in [5.74, 6) is -0.793. The molecule has 0 radical (unpaired) electrons. The normalized spacial score (nSPS) is 16.3. The summed E-state index contributed by atoms with van der Waals surface area (Å²) in [6.45, 7) is 3.27. The number of hydrogen-bond donors (Lipinski definition) is 2. The van der Waals surface area contributed by atoms with Gasteiger partial charge in [0.05, 0.1) is 13.1 Å². The topological polar surface area (TPSA) is 95.9 Å². The molecule has 1 unspecified atom stereocenters. The lowest BCUT2D eigenvalue weighted by atomic mass is 10.0. The molecular formula is C12H20N2O5. The third-order valence-electron chi connectivity index (χ3n) is 3.00. The maximum absolute atomic E-state index is 11.6.